The van der Waals surface area contributed by atoms with Crippen molar-refractivity contribution in [3.8, 4) is 0 Å². The SMILES string of the molecule is CCCC(=O)N1CCN(C)c2ccccc21. The van der Waals surface area contributed by atoms with Gasteiger partial charge in [-0.2, -0.15) is 0 Å². The number of rotatable bonds is 2. The average Bonchev–Trinajstić information content (AvgIpc) is 2.30. The van der Waals surface area contributed by atoms with Crippen molar-refractivity contribution in [2.75, 3.05) is 29.9 Å². The molecule has 0 saturated carbocycles. The third-order valence-electron chi connectivity index (χ3n) is 3.01. The molecule has 0 spiro atoms. The monoisotopic (exact) mass is 218 g/mol. The summed E-state index contributed by atoms with van der Waals surface area (Å²) >= 11 is 0. The van der Waals surface area contributed by atoms with Crippen LogP contribution in [-0.2, 0) is 4.79 Å². The first kappa shape index (κ1) is 11.0. The third-order valence-corrected chi connectivity index (χ3v) is 3.01. The number of carbonyl (C=O) groups excluding carboxylic acids is 1. The largest absolute Gasteiger partial charge is 0.371 e. The Hall–Kier alpha value is -1.51. The molecule has 0 radical (unpaired) electrons. The van der Waals surface area contributed by atoms with E-state index in [1.807, 2.05) is 30.0 Å². The number of nitrogens with zero attached hydrogens (tertiary/aromatic N) is 2. The molecule has 3 nitrogen and oxygen atoms in total. The summed E-state index contributed by atoms with van der Waals surface area (Å²) < 4.78 is 0. The second-order valence-electron chi connectivity index (χ2n) is 4.21. The first-order chi connectivity index (χ1) is 7.74. The highest BCUT2D eigenvalue weighted by molar-refractivity contribution is 5.97. The number of para-hydroxylation sites is 2. The van der Waals surface area contributed by atoms with Crippen molar-refractivity contribution in [2.24, 2.45) is 0 Å². The van der Waals surface area contributed by atoms with Crippen LogP contribution < -0.4 is 9.80 Å². The van der Waals surface area contributed by atoms with E-state index >= 15 is 0 Å². The minimum Gasteiger partial charge on any atom is -0.371 e. The summed E-state index contributed by atoms with van der Waals surface area (Å²) in [7, 11) is 2.07. The molecule has 0 aromatic heterocycles. The fourth-order valence-electron chi connectivity index (χ4n) is 2.11. The Bertz CT molecular complexity index is 389. The molecule has 1 aromatic rings. The quantitative estimate of drug-likeness (QED) is 0.760. The summed E-state index contributed by atoms with van der Waals surface area (Å²) in [6.45, 7) is 3.75. The molecule has 1 aliphatic rings. The molecule has 1 amide bonds. The Morgan fingerprint density at radius 2 is 1.94 bits per heavy atom. The van der Waals surface area contributed by atoms with E-state index < -0.39 is 0 Å². The van der Waals surface area contributed by atoms with E-state index in [4.69, 9.17) is 0 Å². The number of benzene rings is 1. The molecular formula is C13H18N2O. The van der Waals surface area contributed by atoms with Gasteiger partial charge < -0.3 is 9.80 Å². The third kappa shape index (κ3) is 1.90. The van der Waals surface area contributed by atoms with Crippen LogP contribution in [0.25, 0.3) is 0 Å². The maximum Gasteiger partial charge on any atom is 0.227 e. The molecule has 0 saturated heterocycles. The lowest BCUT2D eigenvalue weighted by molar-refractivity contribution is -0.118. The lowest BCUT2D eigenvalue weighted by Gasteiger charge is -2.35. The number of carbonyl (C=O) groups is 1. The average molecular weight is 218 g/mol. The van der Waals surface area contributed by atoms with Crippen LogP contribution in [0.5, 0.6) is 0 Å². The van der Waals surface area contributed by atoms with Gasteiger partial charge in [-0.05, 0) is 18.6 Å². The normalized spacial score (nSPS) is 14.9. The van der Waals surface area contributed by atoms with Gasteiger partial charge in [0.15, 0.2) is 0 Å². The Balaban J connectivity index is 2.31. The highest BCUT2D eigenvalue weighted by atomic mass is 16.2. The molecule has 86 valence electrons. The minimum atomic E-state index is 0.239. The number of likely N-dealkylation sites (N-methyl/N-ethyl adjacent to an activating group) is 1. The maximum absolute atomic E-state index is 12.0. The van der Waals surface area contributed by atoms with Crippen LogP contribution in [0, 0.1) is 0 Å². The molecule has 2 rings (SSSR count). The zero-order valence-electron chi connectivity index (χ0n) is 9.94. The van der Waals surface area contributed by atoms with Crippen LogP contribution in [0.15, 0.2) is 24.3 Å². The van der Waals surface area contributed by atoms with E-state index in [1.54, 1.807) is 0 Å². The lowest BCUT2D eigenvalue weighted by atomic mass is 10.1. The van der Waals surface area contributed by atoms with Gasteiger partial charge in [0.05, 0.1) is 11.4 Å². The van der Waals surface area contributed by atoms with Crippen LogP contribution in [0.1, 0.15) is 19.8 Å². The predicted octanol–water partition coefficient (Wildman–Crippen LogP) is 2.27. The molecule has 16 heavy (non-hydrogen) atoms. The van der Waals surface area contributed by atoms with Crippen LogP contribution in [0.2, 0.25) is 0 Å². The number of fused-ring (bicyclic) bond motifs is 1. The molecule has 0 fully saturated rings. The van der Waals surface area contributed by atoms with E-state index in [0.29, 0.717) is 6.42 Å². The second-order valence-corrected chi connectivity index (χ2v) is 4.21. The molecule has 1 heterocycles. The fourth-order valence-corrected chi connectivity index (χ4v) is 2.11. The summed E-state index contributed by atoms with van der Waals surface area (Å²) in [5.41, 5.74) is 2.20. The van der Waals surface area contributed by atoms with Crippen LogP contribution in [-0.4, -0.2) is 26.0 Å². The summed E-state index contributed by atoms with van der Waals surface area (Å²) in [4.78, 5) is 16.1. The van der Waals surface area contributed by atoms with E-state index in [1.165, 1.54) is 0 Å². The summed E-state index contributed by atoms with van der Waals surface area (Å²) in [6, 6.07) is 8.10. The molecule has 0 unspecified atom stereocenters. The minimum absolute atomic E-state index is 0.239. The first-order valence-corrected chi connectivity index (χ1v) is 5.84. The van der Waals surface area contributed by atoms with Gasteiger partial charge in [0.2, 0.25) is 5.91 Å². The van der Waals surface area contributed by atoms with Crippen molar-refractivity contribution >= 4 is 17.3 Å². The Labute approximate surface area is 96.7 Å². The zero-order chi connectivity index (χ0) is 11.5. The maximum atomic E-state index is 12.0. The second kappa shape index (κ2) is 4.56. The van der Waals surface area contributed by atoms with Crippen LogP contribution in [0.3, 0.4) is 0 Å². The molecule has 0 atom stereocenters. The molecular weight excluding hydrogens is 200 g/mol. The van der Waals surface area contributed by atoms with Crippen molar-refractivity contribution in [1.29, 1.82) is 0 Å². The lowest BCUT2D eigenvalue weighted by Crippen LogP contribution is -2.42. The summed E-state index contributed by atoms with van der Waals surface area (Å²) in [5, 5.41) is 0. The molecule has 0 bridgehead atoms. The van der Waals surface area contributed by atoms with E-state index in [0.717, 1.165) is 30.9 Å². The van der Waals surface area contributed by atoms with Gasteiger partial charge in [0, 0.05) is 26.6 Å². The first-order valence-electron chi connectivity index (χ1n) is 5.84. The summed E-state index contributed by atoms with van der Waals surface area (Å²) in [6.07, 6.45) is 1.55. The van der Waals surface area contributed by atoms with Crippen LogP contribution in [0.4, 0.5) is 11.4 Å². The number of amides is 1. The van der Waals surface area contributed by atoms with Gasteiger partial charge in [-0.15, -0.1) is 0 Å². The Morgan fingerprint density at radius 1 is 1.25 bits per heavy atom. The Morgan fingerprint density at radius 3 is 2.62 bits per heavy atom. The molecule has 0 N–H and O–H groups in total. The van der Waals surface area contributed by atoms with Crippen molar-refractivity contribution in [2.45, 2.75) is 19.8 Å². The topological polar surface area (TPSA) is 23.6 Å². The van der Waals surface area contributed by atoms with Crippen molar-refractivity contribution in [3.63, 3.8) is 0 Å². The van der Waals surface area contributed by atoms with Gasteiger partial charge in [-0.3, -0.25) is 4.79 Å². The smallest absolute Gasteiger partial charge is 0.227 e. The van der Waals surface area contributed by atoms with E-state index in [-0.39, 0.29) is 5.91 Å². The van der Waals surface area contributed by atoms with Gasteiger partial charge in [0.1, 0.15) is 0 Å². The van der Waals surface area contributed by atoms with E-state index in [9.17, 15) is 4.79 Å². The standard InChI is InChI=1S/C13H18N2O/c1-3-6-13(16)15-10-9-14(2)11-7-4-5-8-12(11)15/h4-5,7-8H,3,6,9-10H2,1-2H3. The van der Waals surface area contributed by atoms with E-state index in [2.05, 4.69) is 18.0 Å². The number of hydrogen-bond donors (Lipinski definition) is 0. The molecule has 1 aliphatic heterocycles. The van der Waals surface area contributed by atoms with Crippen molar-refractivity contribution < 1.29 is 4.79 Å². The number of hydrogen-bond acceptors (Lipinski definition) is 2. The van der Waals surface area contributed by atoms with Gasteiger partial charge in [0.25, 0.3) is 0 Å². The molecule has 3 heteroatoms. The highest BCUT2D eigenvalue weighted by Gasteiger charge is 2.23. The molecule has 0 aliphatic carbocycles. The fraction of sp³-hybridized carbons (Fsp3) is 0.462. The zero-order valence-corrected chi connectivity index (χ0v) is 9.94. The molecule has 1 aromatic carbocycles. The van der Waals surface area contributed by atoms with Crippen LogP contribution >= 0.6 is 0 Å². The number of anilines is 2. The highest BCUT2D eigenvalue weighted by Crippen LogP contribution is 2.32. The van der Waals surface area contributed by atoms with Gasteiger partial charge in [-0.25, -0.2) is 0 Å². The van der Waals surface area contributed by atoms with Gasteiger partial charge in [-0.1, -0.05) is 19.1 Å². The summed E-state index contributed by atoms with van der Waals surface area (Å²) in [5.74, 6) is 0.239. The predicted molar refractivity (Wildman–Crippen MR) is 67.0 cm³/mol. The Kier molecular flexibility index (Phi) is 3.13. The van der Waals surface area contributed by atoms with Crippen molar-refractivity contribution in [1.82, 2.24) is 0 Å². The van der Waals surface area contributed by atoms with Gasteiger partial charge >= 0.3 is 0 Å². The van der Waals surface area contributed by atoms with Crippen molar-refractivity contribution in [3.05, 3.63) is 24.3 Å².